The molecule has 0 saturated carbocycles. The molecule has 96 valence electrons. The van der Waals surface area contributed by atoms with Crippen LogP contribution in [0, 0.1) is 6.92 Å². The highest BCUT2D eigenvalue weighted by atomic mass is 16.5. The molecule has 18 heavy (non-hydrogen) atoms. The molecule has 0 aliphatic heterocycles. The van der Waals surface area contributed by atoms with Gasteiger partial charge in [0.15, 0.2) is 0 Å². The van der Waals surface area contributed by atoms with E-state index in [1.807, 2.05) is 45.0 Å². The SMILES string of the molecule is Cc1nc2ccccc2nc1NCCOC(C)C. The van der Waals surface area contributed by atoms with E-state index in [1.165, 1.54) is 0 Å². The summed E-state index contributed by atoms with van der Waals surface area (Å²) < 4.78 is 5.48. The van der Waals surface area contributed by atoms with Crippen LogP contribution in [0.25, 0.3) is 11.0 Å². The number of ether oxygens (including phenoxy) is 1. The van der Waals surface area contributed by atoms with E-state index in [2.05, 4.69) is 15.3 Å². The molecular formula is C14H19N3O. The second kappa shape index (κ2) is 5.78. The van der Waals surface area contributed by atoms with Crippen molar-refractivity contribution in [3.05, 3.63) is 30.0 Å². The van der Waals surface area contributed by atoms with Crippen LogP contribution in [0.1, 0.15) is 19.5 Å². The molecule has 0 amide bonds. The van der Waals surface area contributed by atoms with E-state index in [9.17, 15) is 0 Å². The summed E-state index contributed by atoms with van der Waals surface area (Å²) >= 11 is 0. The van der Waals surface area contributed by atoms with E-state index in [1.54, 1.807) is 0 Å². The Bertz CT molecular complexity index is 525. The molecule has 0 radical (unpaired) electrons. The summed E-state index contributed by atoms with van der Waals surface area (Å²) in [6.07, 6.45) is 0.260. The lowest BCUT2D eigenvalue weighted by molar-refractivity contribution is 0.0870. The smallest absolute Gasteiger partial charge is 0.148 e. The predicted octanol–water partition coefficient (Wildman–Crippen LogP) is 2.78. The predicted molar refractivity (Wildman–Crippen MR) is 73.9 cm³/mol. The fraction of sp³-hybridized carbons (Fsp3) is 0.429. The molecule has 4 nitrogen and oxygen atoms in total. The lowest BCUT2D eigenvalue weighted by Crippen LogP contribution is -2.14. The molecule has 0 bridgehead atoms. The van der Waals surface area contributed by atoms with Gasteiger partial charge in [0.05, 0.1) is 29.4 Å². The molecule has 0 atom stereocenters. The van der Waals surface area contributed by atoms with E-state index in [0.29, 0.717) is 6.61 Å². The third kappa shape index (κ3) is 3.17. The van der Waals surface area contributed by atoms with Crippen molar-refractivity contribution in [2.75, 3.05) is 18.5 Å². The zero-order valence-electron chi connectivity index (χ0n) is 11.1. The fourth-order valence-electron chi connectivity index (χ4n) is 1.72. The Labute approximate surface area is 107 Å². The maximum absolute atomic E-state index is 5.48. The zero-order valence-corrected chi connectivity index (χ0v) is 11.1. The number of fused-ring (bicyclic) bond motifs is 1. The van der Waals surface area contributed by atoms with E-state index in [4.69, 9.17) is 4.74 Å². The van der Waals surface area contributed by atoms with Gasteiger partial charge in [0.2, 0.25) is 0 Å². The molecule has 1 heterocycles. The van der Waals surface area contributed by atoms with Crippen LogP contribution < -0.4 is 5.32 Å². The highest BCUT2D eigenvalue weighted by Crippen LogP contribution is 2.15. The Morgan fingerprint density at radius 1 is 1.17 bits per heavy atom. The molecule has 2 rings (SSSR count). The van der Waals surface area contributed by atoms with E-state index < -0.39 is 0 Å². The van der Waals surface area contributed by atoms with Crippen molar-refractivity contribution in [2.45, 2.75) is 26.9 Å². The summed E-state index contributed by atoms with van der Waals surface area (Å²) in [5.41, 5.74) is 2.76. The summed E-state index contributed by atoms with van der Waals surface area (Å²) in [6, 6.07) is 7.89. The van der Waals surface area contributed by atoms with Gasteiger partial charge in [-0.25, -0.2) is 9.97 Å². The molecule has 1 aromatic heterocycles. The Hall–Kier alpha value is -1.68. The molecule has 0 saturated heterocycles. The van der Waals surface area contributed by atoms with Crippen molar-refractivity contribution in [3.8, 4) is 0 Å². The minimum Gasteiger partial charge on any atom is -0.377 e. The lowest BCUT2D eigenvalue weighted by Gasteiger charge is -2.11. The van der Waals surface area contributed by atoms with E-state index in [-0.39, 0.29) is 6.10 Å². The van der Waals surface area contributed by atoms with Gasteiger partial charge in [-0.15, -0.1) is 0 Å². The summed E-state index contributed by atoms with van der Waals surface area (Å²) in [5.74, 6) is 0.834. The molecule has 0 aliphatic carbocycles. The van der Waals surface area contributed by atoms with Gasteiger partial charge in [-0.3, -0.25) is 0 Å². The second-order valence-electron chi connectivity index (χ2n) is 4.49. The van der Waals surface area contributed by atoms with Gasteiger partial charge < -0.3 is 10.1 Å². The number of hydrogen-bond donors (Lipinski definition) is 1. The number of hydrogen-bond acceptors (Lipinski definition) is 4. The molecule has 1 aromatic carbocycles. The van der Waals surface area contributed by atoms with Gasteiger partial charge in [-0.05, 0) is 32.9 Å². The molecule has 0 spiro atoms. The quantitative estimate of drug-likeness (QED) is 0.823. The molecule has 0 unspecified atom stereocenters. The van der Waals surface area contributed by atoms with Gasteiger partial charge in [0.1, 0.15) is 5.82 Å². The van der Waals surface area contributed by atoms with Crippen LogP contribution in [-0.2, 0) is 4.74 Å². The zero-order chi connectivity index (χ0) is 13.0. The maximum Gasteiger partial charge on any atom is 0.148 e. The monoisotopic (exact) mass is 245 g/mol. The number of nitrogens with one attached hydrogen (secondary N) is 1. The minimum atomic E-state index is 0.260. The molecule has 4 heteroatoms. The molecule has 2 aromatic rings. The van der Waals surface area contributed by atoms with Gasteiger partial charge in [0, 0.05) is 6.54 Å². The average molecular weight is 245 g/mol. The maximum atomic E-state index is 5.48. The fourth-order valence-corrected chi connectivity index (χ4v) is 1.72. The Morgan fingerprint density at radius 3 is 2.50 bits per heavy atom. The Morgan fingerprint density at radius 2 is 1.83 bits per heavy atom. The first-order valence-corrected chi connectivity index (χ1v) is 6.25. The highest BCUT2D eigenvalue weighted by Gasteiger charge is 2.04. The van der Waals surface area contributed by atoms with Gasteiger partial charge in [-0.2, -0.15) is 0 Å². The van der Waals surface area contributed by atoms with Crippen LogP contribution in [0.3, 0.4) is 0 Å². The molecule has 0 fully saturated rings. The van der Waals surface area contributed by atoms with Crippen LogP contribution in [0.2, 0.25) is 0 Å². The number of nitrogens with zero attached hydrogens (tertiary/aromatic N) is 2. The van der Waals surface area contributed by atoms with Crippen molar-refractivity contribution in [1.82, 2.24) is 9.97 Å². The first kappa shape index (κ1) is 12.8. The number of para-hydroxylation sites is 2. The van der Waals surface area contributed by atoms with E-state index in [0.717, 1.165) is 29.1 Å². The first-order chi connectivity index (χ1) is 8.66. The number of aryl methyl sites for hydroxylation is 1. The van der Waals surface area contributed by atoms with Crippen molar-refractivity contribution in [1.29, 1.82) is 0 Å². The number of anilines is 1. The number of rotatable bonds is 5. The van der Waals surface area contributed by atoms with Crippen LogP contribution in [-0.4, -0.2) is 29.2 Å². The summed E-state index contributed by atoms with van der Waals surface area (Å²) in [5, 5.41) is 3.26. The Kier molecular flexibility index (Phi) is 4.10. The standard InChI is InChI=1S/C14H19N3O/c1-10(2)18-9-8-15-14-11(3)16-12-6-4-5-7-13(12)17-14/h4-7,10H,8-9H2,1-3H3,(H,15,17). The normalized spacial score (nSPS) is 11.1. The molecule has 0 aliphatic rings. The van der Waals surface area contributed by atoms with Gasteiger partial charge in [-0.1, -0.05) is 12.1 Å². The minimum absolute atomic E-state index is 0.260. The average Bonchev–Trinajstić information content (AvgIpc) is 2.34. The summed E-state index contributed by atoms with van der Waals surface area (Å²) in [6.45, 7) is 7.44. The van der Waals surface area contributed by atoms with Gasteiger partial charge in [0.25, 0.3) is 0 Å². The first-order valence-electron chi connectivity index (χ1n) is 6.25. The Balaban J connectivity index is 2.06. The topological polar surface area (TPSA) is 47.0 Å². The third-order valence-electron chi connectivity index (χ3n) is 2.59. The van der Waals surface area contributed by atoms with Crippen LogP contribution in [0.4, 0.5) is 5.82 Å². The van der Waals surface area contributed by atoms with Crippen LogP contribution >= 0.6 is 0 Å². The lowest BCUT2D eigenvalue weighted by atomic mass is 10.3. The van der Waals surface area contributed by atoms with E-state index >= 15 is 0 Å². The highest BCUT2D eigenvalue weighted by molar-refractivity contribution is 5.76. The molecule has 1 N–H and O–H groups in total. The van der Waals surface area contributed by atoms with Crippen molar-refractivity contribution in [3.63, 3.8) is 0 Å². The largest absolute Gasteiger partial charge is 0.377 e. The number of benzene rings is 1. The van der Waals surface area contributed by atoms with Crippen LogP contribution in [0.5, 0.6) is 0 Å². The third-order valence-corrected chi connectivity index (χ3v) is 2.59. The van der Waals surface area contributed by atoms with Crippen molar-refractivity contribution >= 4 is 16.9 Å². The molecular weight excluding hydrogens is 226 g/mol. The second-order valence-corrected chi connectivity index (χ2v) is 4.49. The number of aromatic nitrogens is 2. The summed E-state index contributed by atoms with van der Waals surface area (Å²) in [4.78, 5) is 9.09. The van der Waals surface area contributed by atoms with Gasteiger partial charge >= 0.3 is 0 Å². The summed E-state index contributed by atoms with van der Waals surface area (Å²) in [7, 11) is 0. The van der Waals surface area contributed by atoms with Crippen molar-refractivity contribution in [2.24, 2.45) is 0 Å². The van der Waals surface area contributed by atoms with Crippen molar-refractivity contribution < 1.29 is 4.74 Å². The van der Waals surface area contributed by atoms with Crippen LogP contribution in [0.15, 0.2) is 24.3 Å².